The Hall–Kier alpha value is -1.11. The molecular formula is C15H18BBrN2O2. The van der Waals surface area contributed by atoms with Crippen molar-refractivity contribution in [3.05, 3.63) is 41.1 Å². The van der Waals surface area contributed by atoms with E-state index in [4.69, 9.17) is 9.31 Å². The molecule has 1 saturated heterocycles. The molecule has 1 aromatic heterocycles. The quantitative estimate of drug-likeness (QED) is 0.783. The summed E-state index contributed by atoms with van der Waals surface area (Å²) in [4.78, 5) is 0. The summed E-state index contributed by atoms with van der Waals surface area (Å²) in [6.07, 6.45) is 3.67. The van der Waals surface area contributed by atoms with E-state index in [-0.39, 0.29) is 18.3 Å². The van der Waals surface area contributed by atoms with E-state index in [0.29, 0.717) is 0 Å². The normalized spacial score (nSPS) is 20.0. The van der Waals surface area contributed by atoms with E-state index < -0.39 is 0 Å². The fraction of sp³-hybridized carbons (Fsp3) is 0.400. The fourth-order valence-electron chi connectivity index (χ4n) is 2.27. The third-order valence-corrected chi connectivity index (χ3v) is 4.66. The molecule has 4 nitrogen and oxygen atoms in total. The molecule has 1 aliphatic heterocycles. The number of nitrogens with zero attached hydrogens (tertiary/aromatic N) is 2. The summed E-state index contributed by atoms with van der Waals surface area (Å²) in [6.45, 7) is 8.22. The zero-order valence-electron chi connectivity index (χ0n) is 12.6. The molecule has 1 aliphatic rings. The van der Waals surface area contributed by atoms with Gasteiger partial charge in [0.2, 0.25) is 0 Å². The summed E-state index contributed by atoms with van der Waals surface area (Å²) in [5.41, 5.74) is 1.27. The predicted octanol–water partition coefficient (Wildman–Crippen LogP) is 2.93. The van der Waals surface area contributed by atoms with Crippen LogP contribution in [0.5, 0.6) is 0 Å². The number of hydrogen-bond donors (Lipinski definition) is 0. The molecule has 0 unspecified atom stereocenters. The first-order valence-electron chi connectivity index (χ1n) is 6.95. The van der Waals surface area contributed by atoms with Crippen LogP contribution in [0.3, 0.4) is 0 Å². The predicted molar refractivity (Wildman–Crippen MR) is 87.0 cm³/mol. The van der Waals surface area contributed by atoms with Gasteiger partial charge in [0.05, 0.1) is 16.9 Å². The topological polar surface area (TPSA) is 36.3 Å². The lowest BCUT2D eigenvalue weighted by Crippen LogP contribution is -2.41. The second-order valence-electron chi connectivity index (χ2n) is 6.28. The van der Waals surface area contributed by atoms with Crippen LogP contribution in [0, 0.1) is 0 Å². The Morgan fingerprint density at radius 2 is 1.76 bits per heavy atom. The van der Waals surface area contributed by atoms with Gasteiger partial charge in [0.1, 0.15) is 0 Å². The molecular weight excluding hydrogens is 331 g/mol. The standard InChI is InChI=1S/C15H18BBrN2O2/c1-14(2)15(3,4)21-16(20-14)11-8-12(17)10-13(9-11)19-7-5-6-18-19/h5-10H,1-4H3. The van der Waals surface area contributed by atoms with E-state index in [9.17, 15) is 0 Å². The number of halogens is 1. The smallest absolute Gasteiger partial charge is 0.399 e. The van der Waals surface area contributed by atoms with Crippen molar-refractivity contribution < 1.29 is 9.31 Å². The highest BCUT2D eigenvalue weighted by Gasteiger charge is 2.51. The maximum absolute atomic E-state index is 6.10. The minimum atomic E-state index is -0.373. The summed E-state index contributed by atoms with van der Waals surface area (Å²) in [6, 6.07) is 7.98. The highest BCUT2D eigenvalue weighted by molar-refractivity contribution is 9.10. The molecule has 1 fully saturated rings. The van der Waals surface area contributed by atoms with Crippen molar-refractivity contribution in [1.82, 2.24) is 9.78 Å². The van der Waals surface area contributed by atoms with Gasteiger partial charge in [0.15, 0.2) is 0 Å². The molecule has 110 valence electrons. The molecule has 0 atom stereocenters. The molecule has 0 saturated carbocycles. The third-order valence-electron chi connectivity index (χ3n) is 4.20. The van der Waals surface area contributed by atoms with Gasteiger partial charge in [0.25, 0.3) is 0 Å². The minimum absolute atomic E-state index is 0.341. The third kappa shape index (κ3) is 2.68. The summed E-state index contributed by atoms with van der Waals surface area (Å²) >= 11 is 3.55. The first kappa shape index (κ1) is 14.8. The maximum atomic E-state index is 6.10. The average Bonchev–Trinajstić information content (AvgIpc) is 2.96. The monoisotopic (exact) mass is 348 g/mol. The van der Waals surface area contributed by atoms with Crippen LogP contribution < -0.4 is 5.46 Å². The van der Waals surface area contributed by atoms with Crippen LogP contribution >= 0.6 is 15.9 Å². The van der Waals surface area contributed by atoms with E-state index >= 15 is 0 Å². The summed E-state index contributed by atoms with van der Waals surface area (Å²) in [5, 5.41) is 4.27. The molecule has 0 bridgehead atoms. The highest BCUT2D eigenvalue weighted by Crippen LogP contribution is 2.36. The van der Waals surface area contributed by atoms with Gasteiger partial charge in [-0.3, -0.25) is 0 Å². The lowest BCUT2D eigenvalue weighted by molar-refractivity contribution is 0.00578. The van der Waals surface area contributed by atoms with Gasteiger partial charge in [-0.05, 0) is 57.4 Å². The molecule has 21 heavy (non-hydrogen) atoms. The van der Waals surface area contributed by atoms with Crippen molar-refractivity contribution in [2.45, 2.75) is 38.9 Å². The maximum Gasteiger partial charge on any atom is 0.494 e. The Morgan fingerprint density at radius 1 is 1.10 bits per heavy atom. The van der Waals surface area contributed by atoms with Crippen molar-refractivity contribution in [2.75, 3.05) is 0 Å². The first-order chi connectivity index (χ1) is 9.78. The number of benzene rings is 1. The lowest BCUT2D eigenvalue weighted by Gasteiger charge is -2.32. The second-order valence-corrected chi connectivity index (χ2v) is 7.20. The van der Waals surface area contributed by atoms with Gasteiger partial charge in [-0.25, -0.2) is 4.68 Å². The van der Waals surface area contributed by atoms with E-state index in [1.165, 1.54) is 0 Å². The molecule has 0 amide bonds. The molecule has 1 aromatic carbocycles. The van der Waals surface area contributed by atoms with E-state index in [0.717, 1.165) is 15.6 Å². The summed E-state index contributed by atoms with van der Waals surface area (Å²) < 4.78 is 15.0. The fourth-order valence-corrected chi connectivity index (χ4v) is 2.76. The van der Waals surface area contributed by atoms with Crippen molar-refractivity contribution >= 4 is 28.5 Å². The van der Waals surface area contributed by atoms with Crippen molar-refractivity contribution in [2.24, 2.45) is 0 Å². The zero-order valence-corrected chi connectivity index (χ0v) is 14.2. The van der Waals surface area contributed by atoms with Crippen LogP contribution in [-0.4, -0.2) is 28.1 Å². The first-order valence-corrected chi connectivity index (χ1v) is 7.74. The molecule has 0 N–H and O–H groups in total. The number of hydrogen-bond acceptors (Lipinski definition) is 3. The van der Waals surface area contributed by atoms with Crippen LogP contribution in [0.1, 0.15) is 27.7 Å². The zero-order chi connectivity index (χ0) is 15.3. The van der Waals surface area contributed by atoms with Crippen molar-refractivity contribution in [3.8, 4) is 5.69 Å². The van der Waals surface area contributed by atoms with Crippen molar-refractivity contribution in [1.29, 1.82) is 0 Å². The number of aromatic nitrogens is 2. The Labute approximate surface area is 133 Å². The van der Waals surface area contributed by atoms with Crippen LogP contribution in [0.25, 0.3) is 5.69 Å². The highest BCUT2D eigenvalue weighted by atomic mass is 79.9. The van der Waals surface area contributed by atoms with Gasteiger partial charge in [-0.2, -0.15) is 5.10 Å². The Morgan fingerprint density at radius 3 is 2.33 bits per heavy atom. The lowest BCUT2D eigenvalue weighted by atomic mass is 9.79. The van der Waals surface area contributed by atoms with E-state index in [1.807, 2.05) is 35.1 Å². The Kier molecular flexibility index (Phi) is 3.51. The Balaban J connectivity index is 1.97. The van der Waals surface area contributed by atoms with Crippen LogP contribution in [0.15, 0.2) is 41.1 Å². The SMILES string of the molecule is CC1(C)OB(c2cc(Br)cc(-n3cccn3)c2)OC1(C)C. The van der Waals surface area contributed by atoms with Gasteiger partial charge >= 0.3 is 7.12 Å². The largest absolute Gasteiger partial charge is 0.494 e. The van der Waals surface area contributed by atoms with E-state index in [2.05, 4.69) is 48.7 Å². The van der Waals surface area contributed by atoms with Gasteiger partial charge in [0, 0.05) is 16.9 Å². The van der Waals surface area contributed by atoms with Gasteiger partial charge < -0.3 is 9.31 Å². The molecule has 0 spiro atoms. The summed E-state index contributed by atoms with van der Waals surface area (Å²) in [5.74, 6) is 0. The molecule has 3 rings (SSSR count). The average molecular weight is 349 g/mol. The van der Waals surface area contributed by atoms with Gasteiger partial charge in [-0.15, -0.1) is 0 Å². The van der Waals surface area contributed by atoms with E-state index in [1.54, 1.807) is 6.20 Å². The summed E-state index contributed by atoms with van der Waals surface area (Å²) in [7, 11) is -0.373. The molecule has 6 heteroatoms. The molecule has 0 radical (unpaired) electrons. The Bertz CT molecular complexity index is 640. The van der Waals surface area contributed by atoms with Crippen LogP contribution in [0.2, 0.25) is 0 Å². The molecule has 2 heterocycles. The molecule has 0 aliphatic carbocycles. The van der Waals surface area contributed by atoms with Crippen molar-refractivity contribution in [3.63, 3.8) is 0 Å². The molecule has 2 aromatic rings. The number of rotatable bonds is 2. The van der Waals surface area contributed by atoms with Gasteiger partial charge in [-0.1, -0.05) is 15.9 Å². The van der Waals surface area contributed by atoms with Crippen LogP contribution in [0.4, 0.5) is 0 Å². The minimum Gasteiger partial charge on any atom is -0.399 e. The second kappa shape index (κ2) is 4.97. The van der Waals surface area contributed by atoms with Crippen LogP contribution in [-0.2, 0) is 9.31 Å².